The number of ether oxygens (including phenoxy) is 3. The molecule has 2 amide bonds. The van der Waals surface area contributed by atoms with Crippen LogP contribution in [0.2, 0.25) is 0 Å². The van der Waals surface area contributed by atoms with Crippen LogP contribution in [-0.4, -0.2) is 59.5 Å². The summed E-state index contributed by atoms with van der Waals surface area (Å²) in [7, 11) is 0. The van der Waals surface area contributed by atoms with Crippen LogP contribution in [0.5, 0.6) is 0 Å². The molecule has 0 bridgehead atoms. The van der Waals surface area contributed by atoms with Gasteiger partial charge in [0.1, 0.15) is 17.3 Å². The predicted molar refractivity (Wildman–Crippen MR) is 107 cm³/mol. The van der Waals surface area contributed by atoms with E-state index in [1.54, 1.807) is 71.9 Å². The molecule has 1 saturated heterocycles. The number of nitrogens with zero attached hydrogens (tertiary/aromatic N) is 1. The Morgan fingerprint density at radius 1 is 0.931 bits per heavy atom. The SMILES string of the molecule is CC(C)(C)OC(=O)N[C@@H]1CN(C(=O)OC(C)(C)C)C[C@@H]1OC(=O)c1ccccc1. The zero-order valence-electron chi connectivity index (χ0n) is 17.9. The third kappa shape index (κ3) is 7.29. The number of nitrogens with one attached hydrogen (secondary N) is 1. The van der Waals surface area contributed by atoms with Gasteiger partial charge in [-0.3, -0.25) is 0 Å². The summed E-state index contributed by atoms with van der Waals surface area (Å²) in [6, 6.07) is 7.91. The van der Waals surface area contributed by atoms with E-state index in [1.807, 2.05) is 0 Å². The molecule has 0 saturated carbocycles. The molecule has 0 unspecified atom stereocenters. The highest BCUT2D eigenvalue weighted by molar-refractivity contribution is 5.89. The van der Waals surface area contributed by atoms with Crippen LogP contribution in [0, 0.1) is 0 Å². The molecule has 1 heterocycles. The maximum atomic E-state index is 12.5. The normalized spacial score (nSPS) is 19.4. The third-order valence-electron chi connectivity index (χ3n) is 3.89. The Balaban J connectivity index is 2.11. The molecule has 0 radical (unpaired) electrons. The molecular weight excluding hydrogens is 376 g/mol. The van der Waals surface area contributed by atoms with Crippen LogP contribution in [0.3, 0.4) is 0 Å². The summed E-state index contributed by atoms with van der Waals surface area (Å²) in [4.78, 5) is 38.5. The molecule has 1 aliphatic rings. The lowest BCUT2D eigenvalue weighted by atomic mass is 10.2. The molecule has 160 valence electrons. The van der Waals surface area contributed by atoms with Crippen molar-refractivity contribution in [2.75, 3.05) is 13.1 Å². The van der Waals surface area contributed by atoms with E-state index < -0.39 is 41.5 Å². The zero-order valence-corrected chi connectivity index (χ0v) is 17.9. The van der Waals surface area contributed by atoms with Crippen molar-refractivity contribution in [3.05, 3.63) is 35.9 Å². The van der Waals surface area contributed by atoms with Gasteiger partial charge in [-0.25, -0.2) is 14.4 Å². The smallest absolute Gasteiger partial charge is 0.410 e. The summed E-state index contributed by atoms with van der Waals surface area (Å²) in [5, 5.41) is 2.70. The van der Waals surface area contributed by atoms with Gasteiger partial charge in [0.25, 0.3) is 0 Å². The molecule has 29 heavy (non-hydrogen) atoms. The summed E-state index contributed by atoms with van der Waals surface area (Å²) in [6.45, 7) is 10.8. The second-order valence-corrected chi connectivity index (χ2v) is 8.95. The Morgan fingerprint density at radius 2 is 1.52 bits per heavy atom. The number of esters is 1. The molecule has 8 heteroatoms. The molecular formula is C21H30N2O6. The Bertz CT molecular complexity index is 736. The Kier molecular flexibility index (Phi) is 6.77. The van der Waals surface area contributed by atoms with Crippen molar-refractivity contribution >= 4 is 18.2 Å². The minimum Gasteiger partial charge on any atom is -0.455 e. The molecule has 0 aromatic heterocycles. The average molecular weight is 406 g/mol. The molecule has 1 aliphatic heterocycles. The molecule has 0 spiro atoms. The van der Waals surface area contributed by atoms with Crippen molar-refractivity contribution in [2.24, 2.45) is 0 Å². The summed E-state index contributed by atoms with van der Waals surface area (Å²) in [6.07, 6.45) is -1.91. The molecule has 1 N–H and O–H groups in total. The van der Waals surface area contributed by atoms with Gasteiger partial charge in [0, 0.05) is 6.54 Å². The molecule has 2 atom stereocenters. The molecule has 1 aromatic rings. The van der Waals surface area contributed by atoms with Crippen molar-refractivity contribution < 1.29 is 28.6 Å². The molecule has 1 aromatic carbocycles. The van der Waals surface area contributed by atoms with E-state index in [1.165, 1.54) is 4.90 Å². The minimum atomic E-state index is -0.734. The van der Waals surface area contributed by atoms with E-state index >= 15 is 0 Å². The van der Waals surface area contributed by atoms with E-state index in [-0.39, 0.29) is 13.1 Å². The highest BCUT2D eigenvalue weighted by atomic mass is 16.6. The maximum absolute atomic E-state index is 12.5. The summed E-state index contributed by atoms with van der Waals surface area (Å²) >= 11 is 0. The molecule has 2 rings (SSSR count). The fourth-order valence-corrected chi connectivity index (χ4v) is 2.75. The zero-order chi connectivity index (χ0) is 21.8. The largest absolute Gasteiger partial charge is 0.455 e. The topological polar surface area (TPSA) is 94.2 Å². The van der Waals surface area contributed by atoms with E-state index in [0.29, 0.717) is 5.56 Å². The second kappa shape index (κ2) is 8.71. The predicted octanol–water partition coefficient (Wildman–Crippen LogP) is 3.36. The lowest BCUT2D eigenvalue weighted by Crippen LogP contribution is -2.46. The number of hydrogen-bond acceptors (Lipinski definition) is 6. The van der Waals surface area contributed by atoms with Gasteiger partial charge in [0.15, 0.2) is 0 Å². The van der Waals surface area contributed by atoms with Crippen LogP contribution >= 0.6 is 0 Å². The number of carbonyl (C=O) groups excluding carboxylic acids is 3. The van der Waals surface area contributed by atoms with E-state index in [4.69, 9.17) is 14.2 Å². The maximum Gasteiger partial charge on any atom is 0.410 e. The van der Waals surface area contributed by atoms with E-state index in [0.717, 1.165) is 0 Å². The fraction of sp³-hybridized carbons (Fsp3) is 0.571. The lowest BCUT2D eigenvalue weighted by molar-refractivity contribution is 0.0164. The molecule has 8 nitrogen and oxygen atoms in total. The summed E-state index contributed by atoms with van der Waals surface area (Å²) < 4.78 is 16.3. The van der Waals surface area contributed by atoms with Gasteiger partial charge in [0.2, 0.25) is 0 Å². The Labute approximate surface area is 171 Å². The quantitative estimate of drug-likeness (QED) is 0.611. The van der Waals surface area contributed by atoms with Crippen molar-refractivity contribution in [3.63, 3.8) is 0 Å². The summed E-state index contributed by atoms with van der Waals surface area (Å²) in [5.74, 6) is -0.530. The number of carbonyl (C=O) groups is 3. The lowest BCUT2D eigenvalue weighted by Gasteiger charge is -2.24. The highest BCUT2D eigenvalue weighted by Gasteiger charge is 2.41. The van der Waals surface area contributed by atoms with Gasteiger partial charge in [-0.1, -0.05) is 18.2 Å². The number of amides is 2. The Morgan fingerprint density at radius 3 is 2.07 bits per heavy atom. The van der Waals surface area contributed by atoms with Crippen molar-refractivity contribution in [1.29, 1.82) is 0 Å². The number of alkyl carbamates (subject to hydrolysis) is 1. The van der Waals surface area contributed by atoms with Crippen LogP contribution in [-0.2, 0) is 14.2 Å². The third-order valence-corrected chi connectivity index (χ3v) is 3.89. The van der Waals surface area contributed by atoms with Gasteiger partial charge < -0.3 is 24.4 Å². The van der Waals surface area contributed by atoms with Gasteiger partial charge in [0.05, 0.1) is 18.2 Å². The van der Waals surface area contributed by atoms with Crippen LogP contribution in [0.1, 0.15) is 51.9 Å². The van der Waals surface area contributed by atoms with Gasteiger partial charge in [-0.05, 0) is 53.7 Å². The highest BCUT2D eigenvalue weighted by Crippen LogP contribution is 2.20. The minimum absolute atomic E-state index is 0.105. The summed E-state index contributed by atoms with van der Waals surface area (Å²) in [5.41, 5.74) is -0.951. The first-order valence-corrected chi connectivity index (χ1v) is 9.57. The van der Waals surface area contributed by atoms with Crippen LogP contribution in [0.15, 0.2) is 30.3 Å². The van der Waals surface area contributed by atoms with Crippen molar-refractivity contribution in [3.8, 4) is 0 Å². The van der Waals surface area contributed by atoms with Crippen LogP contribution < -0.4 is 5.32 Å². The number of hydrogen-bond donors (Lipinski definition) is 1. The first-order valence-electron chi connectivity index (χ1n) is 9.57. The first kappa shape index (κ1) is 22.5. The van der Waals surface area contributed by atoms with Crippen molar-refractivity contribution in [2.45, 2.75) is 64.9 Å². The molecule has 1 fully saturated rings. The first-order chi connectivity index (χ1) is 13.3. The van der Waals surface area contributed by atoms with Crippen LogP contribution in [0.4, 0.5) is 9.59 Å². The standard InChI is InChI=1S/C21H30N2O6/c1-20(2,3)28-18(25)22-15-12-23(19(26)29-21(4,5)6)13-16(15)27-17(24)14-10-8-7-9-11-14/h7-11,15-16H,12-13H2,1-6H3,(H,22,25)/t15-,16+/m1/s1. The van der Waals surface area contributed by atoms with E-state index in [9.17, 15) is 14.4 Å². The van der Waals surface area contributed by atoms with Crippen LogP contribution in [0.25, 0.3) is 0 Å². The molecule has 0 aliphatic carbocycles. The van der Waals surface area contributed by atoms with Crippen molar-refractivity contribution in [1.82, 2.24) is 10.2 Å². The van der Waals surface area contributed by atoms with Gasteiger partial charge >= 0.3 is 18.2 Å². The van der Waals surface area contributed by atoms with Gasteiger partial charge in [-0.15, -0.1) is 0 Å². The number of rotatable bonds is 3. The van der Waals surface area contributed by atoms with Gasteiger partial charge in [-0.2, -0.15) is 0 Å². The second-order valence-electron chi connectivity index (χ2n) is 8.95. The fourth-order valence-electron chi connectivity index (χ4n) is 2.75. The van der Waals surface area contributed by atoms with E-state index in [2.05, 4.69) is 5.32 Å². The monoisotopic (exact) mass is 406 g/mol. The Hall–Kier alpha value is -2.77. The number of likely N-dealkylation sites (tertiary alicyclic amines) is 1. The average Bonchev–Trinajstić information content (AvgIpc) is 2.95. The number of benzene rings is 1.